The second kappa shape index (κ2) is 9.88. The van der Waals surface area contributed by atoms with Crippen LogP contribution in [0.2, 0.25) is 0 Å². The van der Waals surface area contributed by atoms with Crippen molar-refractivity contribution in [2.24, 2.45) is 0 Å². The van der Waals surface area contributed by atoms with Crippen molar-refractivity contribution < 1.29 is 13.5 Å². The normalized spacial score (nSPS) is 10.9. The van der Waals surface area contributed by atoms with E-state index in [0.29, 0.717) is 40.8 Å². The quantitative estimate of drug-likeness (QED) is 0.227. The van der Waals surface area contributed by atoms with Crippen LogP contribution in [0.5, 0.6) is 5.75 Å². The Morgan fingerprint density at radius 1 is 1.06 bits per heavy atom. The molecule has 10 heteroatoms. The van der Waals surface area contributed by atoms with E-state index in [4.69, 9.17) is 9.15 Å². The van der Waals surface area contributed by atoms with Crippen LogP contribution in [0, 0.1) is 5.82 Å². The van der Waals surface area contributed by atoms with Gasteiger partial charge in [0.25, 0.3) is 0 Å². The highest BCUT2D eigenvalue weighted by Gasteiger charge is 2.15. The van der Waals surface area contributed by atoms with E-state index in [-0.39, 0.29) is 12.4 Å². The summed E-state index contributed by atoms with van der Waals surface area (Å²) in [7, 11) is 0. The highest BCUT2D eigenvalue weighted by Crippen LogP contribution is 2.25. The third-order valence-electron chi connectivity index (χ3n) is 4.17. The molecule has 0 aliphatic rings. The zero-order valence-corrected chi connectivity index (χ0v) is 18.6. The van der Waals surface area contributed by atoms with Crippen LogP contribution in [0.4, 0.5) is 4.39 Å². The molecule has 0 atom stereocenters. The van der Waals surface area contributed by atoms with Crippen molar-refractivity contribution in [3.05, 3.63) is 83.2 Å². The lowest BCUT2D eigenvalue weighted by atomic mass is 10.2. The molecule has 158 valence electrons. The number of hydrogen-bond acceptors (Lipinski definition) is 7. The number of allylic oxidation sites excluding steroid dienone is 1. The highest BCUT2D eigenvalue weighted by molar-refractivity contribution is 9.10. The molecule has 0 fully saturated rings. The molecule has 0 spiro atoms. The van der Waals surface area contributed by atoms with Gasteiger partial charge in [-0.25, -0.2) is 4.39 Å². The van der Waals surface area contributed by atoms with Crippen molar-refractivity contribution in [1.29, 1.82) is 0 Å². The van der Waals surface area contributed by atoms with E-state index in [0.717, 1.165) is 10.0 Å². The van der Waals surface area contributed by atoms with Gasteiger partial charge in [0, 0.05) is 16.6 Å². The van der Waals surface area contributed by atoms with Gasteiger partial charge in [0.2, 0.25) is 11.8 Å². The van der Waals surface area contributed by atoms with Gasteiger partial charge in [-0.2, -0.15) is 0 Å². The summed E-state index contributed by atoms with van der Waals surface area (Å²) >= 11 is 4.83. The molecule has 2 aromatic heterocycles. The molecule has 0 aliphatic heterocycles. The predicted octanol–water partition coefficient (Wildman–Crippen LogP) is 5.29. The number of rotatable bonds is 9. The Hall–Kier alpha value is -2.98. The van der Waals surface area contributed by atoms with Crippen LogP contribution in [0.1, 0.15) is 11.7 Å². The lowest BCUT2D eigenvalue weighted by Gasteiger charge is -2.08. The second-order valence-corrected chi connectivity index (χ2v) is 8.20. The van der Waals surface area contributed by atoms with Crippen molar-refractivity contribution in [3.63, 3.8) is 0 Å². The molecule has 0 N–H and O–H groups in total. The maximum atomic E-state index is 13.0. The molecule has 2 heterocycles. The van der Waals surface area contributed by atoms with Gasteiger partial charge in [-0.1, -0.05) is 33.8 Å². The molecule has 0 aliphatic carbocycles. The Morgan fingerprint density at radius 3 is 2.58 bits per heavy atom. The molecule has 4 rings (SSSR count). The Labute approximate surface area is 190 Å². The van der Waals surface area contributed by atoms with Crippen LogP contribution in [-0.4, -0.2) is 25.0 Å². The Bertz CT molecular complexity index is 1160. The standard InChI is InChI=1S/C21H17BrFN5O2S/c1-2-11-28-18(12-29-17-9-7-16(23)8-10-17)24-27-21(28)31-13-19-25-26-20(30-19)14-3-5-15(22)6-4-14/h2-10H,1,11-13H2. The number of hydrogen-bond donors (Lipinski definition) is 0. The summed E-state index contributed by atoms with van der Waals surface area (Å²) in [4.78, 5) is 0. The summed E-state index contributed by atoms with van der Waals surface area (Å²) in [5.74, 6) is 2.26. The molecular weight excluding hydrogens is 485 g/mol. The van der Waals surface area contributed by atoms with Gasteiger partial charge < -0.3 is 9.15 Å². The topological polar surface area (TPSA) is 78.9 Å². The monoisotopic (exact) mass is 501 g/mol. The van der Waals surface area contributed by atoms with E-state index in [2.05, 4.69) is 42.9 Å². The van der Waals surface area contributed by atoms with Crippen LogP contribution in [0.3, 0.4) is 0 Å². The van der Waals surface area contributed by atoms with E-state index in [1.54, 1.807) is 18.2 Å². The highest BCUT2D eigenvalue weighted by atomic mass is 79.9. The third-order valence-corrected chi connectivity index (χ3v) is 5.65. The van der Waals surface area contributed by atoms with E-state index in [9.17, 15) is 4.39 Å². The maximum absolute atomic E-state index is 13.0. The van der Waals surface area contributed by atoms with Gasteiger partial charge in [-0.3, -0.25) is 4.57 Å². The Morgan fingerprint density at radius 2 is 1.84 bits per heavy atom. The zero-order chi connectivity index (χ0) is 21.6. The minimum absolute atomic E-state index is 0.196. The zero-order valence-electron chi connectivity index (χ0n) is 16.2. The van der Waals surface area contributed by atoms with Crippen LogP contribution in [0.25, 0.3) is 11.5 Å². The van der Waals surface area contributed by atoms with Crippen LogP contribution < -0.4 is 4.74 Å². The average molecular weight is 502 g/mol. The van der Waals surface area contributed by atoms with Crippen LogP contribution >= 0.6 is 27.7 Å². The minimum Gasteiger partial charge on any atom is -0.486 e. The van der Waals surface area contributed by atoms with E-state index in [1.165, 1.54) is 23.9 Å². The van der Waals surface area contributed by atoms with Gasteiger partial charge in [0.1, 0.15) is 18.2 Å². The molecule has 0 bridgehead atoms. The lowest BCUT2D eigenvalue weighted by molar-refractivity contribution is 0.288. The lowest BCUT2D eigenvalue weighted by Crippen LogP contribution is -2.07. The molecule has 0 amide bonds. The van der Waals surface area contributed by atoms with E-state index in [1.807, 2.05) is 28.8 Å². The van der Waals surface area contributed by atoms with Crippen molar-refractivity contribution in [2.75, 3.05) is 0 Å². The number of ether oxygens (including phenoxy) is 1. The van der Waals surface area contributed by atoms with Gasteiger partial charge in [-0.15, -0.1) is 27.0 Å². The first-order valence-electron chi connectivity index (χ1n) is 9.25. The van der Waals surface area contributed by atoms with E-state index >= 15 is 0 Å². The largest absolute Gasteiger partial charge is 0.486 e. The Kier molecular flexibility index (Phi) is 6.78. The van der Waals surface area contributed by atoms with E-state index < -0.39 is 0 Å². The summed E-state index contributed by atoms with van der Waals surface area (Å²) < 4.78 is 27.4. The average Bonchev–Trinajstić information content (AvgIpc) is 3.40. The maximum Gasteiger partial charge on any atom is 0.247 e. The fourth-order valence-corrected chi connectivity index (χ4v) is 3.74. The van der Waals surface area contributed by atoms with Crippen molar-refractivity contribution >= 4 is 27.7 Å². The number of thioether (sulfide) groups is 1. The van der Waals surface area contributed by atoms with Crippen molar-refractivity contribution in [3.8, 4) is 17.2 Å². The van der Waals surface area contributed by atoms with Crippen molar-refractivity contribution in [2.45, 2.75) is 24.1 Å². The molecule has 0 saturated heterocycles. The van der Waals surface area contributed by atoms with Gasteiger partial charge >= 0.3 is 0 Å². The summed E-state index contributed by atoms with van der Waals surface area (Å²) in [6.07, 6.45) is 1.76. The molecular formula is C21H17BrFN5O2S. The smallest absolute Gasteiger partial charge is 0.247 e. The number of halogens is 2. The third kappa shape index (κ3) is 5.39. The summed E-state index contributed by atoms with van der Waals surface area (Å²) in [6, 6.07) is 13.5. The number of aromatic nitrogens is 5. The molecule has 0 saturated carbocycles. The fraction of sp³-hybridized carbons (Fsp3) is 0.143. The number of benzene rings is 2. The summed E-state index contributed by atoms with van der Waals surface area (Å²) in [5.41, 5.74) is 0.849. The SMILES string of the molecule is C=CCn1c(COc2ccc(F)cc2)nnc1SCc1nnc(-c2ccc(Br)cc2)o1. The fourth-order valence-electron chi connectivity index (χ4n) is 2.67. The van der Waals surface area contributed by atoms with Crippen LogP contribution in [-0.2, 0) is 18.9 Å². The molecule has 0 radical (unpaired) electrons. The molecule has 0 unspecified atom stereocenters. The minimum atomic E-state index is -0.315. The van der Waals surface area contributed by atoms with Gasteiger partial charge in [0.15, 0.2) is 11.0 Å². The second-order valence-electron chi connectivity index (χ2n) is 6.34. The summed E-state index contributed by atoms with van der Waals surface area (Å²) in [5, 5.41) is 17.4. The first-order valence-corrected chi connectivity index (χ1v) is 11.0. The molecule has 31 heavy (non-hydrogen) atoms. The van der Waals surface area contributed by atoms with Gasteiger partial charge in [0.05, 0.1) is 5.75 Å². The predicted molar refractivity (Wildman–Crippen MR) is 118 cm³/mol. The molecule has 4 aromatic rings. The first-order chi connectivity index (χ1) is 15.1. The Balaban J connectivity index is 1.42. The van der Waals surface area contributed by atoms with Crippen LogP contribution in [0.15, 0.2) is 75.2 Å². The number of nitrogens with zero attached hydrogens (tertiary/aromatic N) is 5. The van der Waals surface area contributed by atoms with Gasteiger partial charge in [-0.05, 0) is 48.5 Å². The first kappa shape index (κ1) is 21.3. The van der Waals surface area contributed by atoms with Crippen molar-refractivity contribution in [1.82, 2.24) is 25.0 Å². The molecule has 7 nitrogen and oxygen atoms in total. The summed E-state index contributed by atoms with van der Waals surface area (Å²) in [6.45, 7) is 4.51. The molecule has 2 aromatic carbocycles.